The number of benzene rings is 1. The number of para-hydroxylation sites is 1. The molecule has 8 nitrogen and oxygen atoms in total. The van der Waals surface area contributed by atoms with Crippen molar-refractivity contribution in [1.82, 2.24) is 19.6 Å². The molecule has 3 aliphatic heterocycles. The van der Waals surface area contributed by atoms with E-state index in [1.54, 1.807) is 4.31 Å². The van der Waals surface area contributed by atoms with Crippen LogP contribution in [-0.2, 0) is 10.0 Å². The number of hydrogen-bond donors (Lipinski definition) is 2. The SMILES string of the molecule is CS(=O)(=O)N1CCC(Nc2ncc3cccc(N4CCC5(CNC5)C4)c3n2)CC1. The van der Waals surface area contributed by atoms with Gasteiger partial charge >= 0.3 is 0 Å². The highest BCUT2D eigenvalue weighted by atomic mass is 32.2. The van der Waals surface area contributed by atoms with Crippen molar-refractivity contribution in [2.45, 2.75) is 25.3 Å². The van der Waals surface area contributed by atoms with Crippen LogP contribution in [0.5, 0.6) is 0 Å². The first-order valence-electron chi connectivity index (χ1n) is 10.4. The van der Waals surface area contributed by atoms with Gasteiger partial charge < -0.3 is 15.5 Å². The van der Waals surface area contributed by atoms with Crippen molar-refractivity contribution in [2.75, 3.05) is 55.7 Å². The number of sulfonamides is 1. The van der Waals surface area contributed by atoms with Crippen LogP contribution in [0.4, 0.5) is 11.6 Å². The van der Waals surface area contributed by atoms with Gasteiger partial charge in [0.15, 0.2) is 0 Å². The topological polar surface area (TPSA) is 90.5 Å². The zero-order valence-electron chi connectivity index (χ0n) is 16.8. The standard InChI is InChI=1S/C20H28N6O2S/c1-29(27,28)26-8-5-16(6-9-26)23-19-22-11-15-3-2-4-17(18(15)24-19)25-10-7-20(14-25)12-21-13-20/h2-4,11,16,21H,5-10,12-14H2,1H3,(H,22,23,24). The van der Waals surface area contributed by atoms with Gasteiger partial charge in [-0.05, 0) is 25.3 Å². The first-order chi connectivity index (χ1) is 13.9. The predicted molar refractivity (Wildman–Crippen MR) is 115 cm³/mol. The highest BCUT2D eigenvalue weighted by Crippen LogP contribution is 2.38. The summed E-state index contributed by atoms with van der Waals surface area (Å²) in [6.07, 6.45) is 5.91. The van der Waals surface area contributed by atoms with Gasteiger partial charge in [0.2, 0.25) is 16.0 Å². The smallest absolute Gasteiger partial charge is 0.223 e. The van der Waals surface area contributed by atoms with E-state index < -0.39 is 10.0 Å². The number of hydrogen-bond acceptors (Lipinski definition) is 7. The molecule has 156 valence electrons. The van der Waals surface area contributed by atoms with Gasteiger partial charge in [-0.1, -0.05) is 12.1 Å². The molecule has 1 aromatic heterocycles. The molecule has 0 amide bonds. The van der Waals surface area contributed by atoms with Gasteiger partial charge in [0.05, 0.1) is 17.5 Å². The molecule has 29 heavy (non-hydrogen) atoms. The highest BCUT2D eigenvalue weighted by Gasteiger charge is 2.43. The van der Waals surface area contributed by atoms with Crippen LogP contribution in [0.1, 0.15) is 19.3 Å². The van der Waals surface area contributed by atoms with Crippen LogP contribution in [-0.4, -0.2) is 74.3 Å². The van der Waals surface area contributed by atoms with Crippen molar-refractivity contribution in [3.8, 4) is 0 Å². The van der Waals surface area contributed by atoms with Crippen molar-refractivity contribution in [3.05, 3.63) is 24.4 Å². The quantitative estimate of drug-likeness (QED) is 0.776. The summed E-state index contributed by atoms with van der Waals surface area (Å²) in [4.78, 5) is 11.8. The predicted octanol–water partition coefficient (Wildman–Crippen LogP) is 1.27. The second kappa shape index (κ2) is 7.07. The summed E-state index contributed by atoms with van der Waals surface area (Å²) in [6.45, 7) is 5.45. The molecule has 0 saturated carbocycles. The Hall–Kier alpha value is -1.97. The number of rotatable bonds is 4. The minimum absolute atomic E-state index is 0.189. The average molecular weight is 417 g/mol. The number of piperidine rings is 1. The molecule has 0 radical (unpaired) electrons. The van der Waals surface area contributed by atoms with Gasteiger partial charge in [0.25, 0.3) is 0 Å². The third kappa shape index (κ3) is 3.67. The molecule has 1 aromatic carbocycles. The van der Waals surface area contributed by atoms with Gasteiger partial charge in [-0.3, -0.25) is 0 Å². The Morgan fingerprint density at radius 2 is 2.00 bits per heavy atom. The molecule has 0 atom stereocenters. The van der Waals surface area contributed by atoms with E-state index >= 15 is 0 Å². The fraction of sp³-hybridized carbons (Fsp3) is 0.600. The molecule has 2 N–H and O–H groups in total. The zero-order chi connectivity index (χ0) is 20.1. The van der Waals surface area contributed by atoms with E-state index in [4.69, 9.17) is 4.98 Å². The molecule has 3 fully saturated rings. The summed E-state index contributed by atoms with van der Waals surface area (Å²) in [6, 6.07) is 6.49. The van der Waals surface area contributed by atoms with Crippen LogP contribution in [0.15, 0.2) is 24.4 Å². The summed E-state index contributed by atoms with van der Waals surface area (Å²) in [5.41, 5.74) is 2.61. The van der Waals surface area contributed by atoms with Gasteiger partial charge in [-0.2, -0.15) is 0 Å². The Morgan fingerprint density at radius 3 is 2.66 bits per heavy atom. The van der Waals surface area contributed by atoms with Crippen molar-refractivity contribution >= 4 is 32.6 Å². The molecule has 0 bridgehead atoms. The van der Waals surface area contributed by atoms with Crippen LogP contribution < -0.4 is 15.5 Å². The summed E-state index contributed by atoms with van der Waals surface area (Å²) < 4.78 is 25.0. The van der Waals surface area contributed by atoms with Crippen LogP contribution in [0, 0.1) is 5.41 Å². The Morgan fingerprint density at radius 1 is 1.21 bits per heavy atom. The Labute approximate surface area is 171 Å². The van der Waals surface area contributed by atoms with E-state index in [9.17, 15) is 8.42 Å². The Balaban J connectivity index is 1.34. The fourth-order valence-corrected chi connectivity index (χ4v) is 5.66. The van der Waals surface area contributed by atoms with E-state index in [0.29, 0.717) is 24.5 Å². The molecule has 3 aliphatic rings. The first kappa shape index (κ1) is 19.0. The number of aromatic nitrogens is 2. The zero-order valence-corrected chi connectivity index (χ0v) is 17.6. The first-order valence-corrected chi connectivity index (χ1v) is 12.2. The van der Waals surface area contributed by atoms with E-state index in [0.717, 1.165) is 49.9 Å². The lowest BCUT2D eigenvalue weighted by atomic mass is 9.81. The average Bonchev–Trinajstić information content (AvgIpc) is 3.13. The maximum atomic E-state index is 11.7. The van der Waals surface area contributed by atoms with Crippen molar-refractivity contribution in [1.29, 1.82) is 0 Å². The van der Waals surface area contributed by atoms with E-state index in [-0.39, 0.29) is 6.04 Å². The summed E-state index contributed by atoms with van der Waals surface area (Å²) in [5, 5.41) is 7.89. The van der Waals surface area contributed by atoms with Crippen LogP contribution >= 0.6 is 0 Å². The summed E-state index contributed by atoms with van der Waals surface area (Å²) in [7, 11) is -3.11. The highest BCUT2D eigenvalue weighted by molar-refractivity contribution is 7.88. The van der Waals surface area contributed by atoms with Gasteiger partial charge in [0, 0.05) is 62.3 Å². The normalized spacial score (nSPS) is 22.9. The summed E-state index contributed by atoms with van der Waals surface area (Å²) in [5.74, 6) is 0.627. The minimum atomic E-state index is -3.11. The molecular formula is C20H28N6O2S. The van der Waals surface area contributed by atoms with Gasteiger partial charge in [-0.15, -0.1) is 0 Å². The second-order valence-corrected chi connectivity index (χ2v) is 10.7. The fourth-order valence-electron chi connectivity index (χ4n) is 4.79. The van der Waals surface area contributed by atoms with E-state index in [2.05, 4.69) is 38.7 Å². The van der Waals surface area contributed by atoms with Crippen LogP contribution in [0.3, 0.4) is 0 Å². The number of fused-ring (bicyclic) bond motifs is 1. The molecular weight excluding hydrogens is 388 g/mol. The minimum Gasteiger partial charge on any atom is -0.369 e. The largest absolute Gasteiger partial charge is 0.369 e. The number of nitrogens with one attached hydrogen (secondary N) is 2. The molecule has 2 aromatic rings. The lowest BCUT2D eigenvalue weighted by Crippen LogP contribution is -2.54. The van der Waals surface area contributed by atoms with Crippen molar-refractivity contribution in [2.24, 2.45) is 5.41 Å². The second-order valence-electron chi connectivity index (χ2n) is 8.76. The number of nitrogens with zero attached hydrogens (tertiary/aromatic N) is 4. The molecule has 3 saturated heterocycles. The maximum Gasteiger partial charge on any atom is 0.223 e. The molecule has 0 aliphatic carbocycles. The van der Waals surface area contributed by atoms with Crippen molar-refractivity contribution < 1.29 is 8.42 Å². The maximum absolute atomic E-state index is 11.7. The summed E-state index contributed by atoms with van der Waals surface area (Å²) >= 11 is 0. The van der Waals surface area contributed by atoms with Crippen LogP contribution in [0.25, 0.3) is 10.9 Å². The van der Waals surface area contributed by atoms with E-state index in [1.165, 1.54) is 18.4 Å². The monoisotopic (exact) mass is 416 g/mol. The molecule has 9 heteroatoms. The molecule has 0 unspecified atom stereocenters. The Bertz CT molecular complexity index is 1010. The van der Waals surface area contributed by atoms with Gasteiger partial charge in [0.1, 0.15) is 0 Å². The lowest BCUT2D eigenvalue weighted by Gasteiger charge is -2.39. The van der Waals surface area contributed by atoms with Crippen molar-refractivity contribution in [3.63, 3.8) is 0 Å². The number of anilines is 2. The van der Waals surface area contributed by atoms with Gasteiger partial charge in [-0.25, -0.2) is 22.7 Å². The molecule has 1 spiro atoms. The molecule has 5 rings (SSSR count). The third-order valence-electron chi connectivity index (χ3n) is 6.62. The molecule has 4 heterocycles. The lowest BCUT2D eigenvalue weighted by molar-refractivity contribution is 0.200. The Kier molecular flexibility index (Phi) is 4.64. The third-order valence-corrected chi connectivity index (χ3v) is 7.93. The van der Waals surface area contributed by atoms with E-state index in [1.807, 2.05) is 6.20 Å². The van der Waals surface area contributed by atoms with Crippen LogP contribution in [0.2, 0.25) is 0 Å².